The zero-order valence-corrected chi connectivity index (χ0v) is 35.1. The number of rotatable bonds is 6. The summed E-state index contributed by atoms with van der Waals surface area (Å²) < 4.78 is 29.3. The molecule has 0 fully saturated rings. The summed E-state index contributed by atoms with van der Waals surface area (Å²) in [6.45, 7) is 0. The molecule has 0 saturated heterocycles. The molecule has 0 saturated carbocycles. The summed E-state index contributed by atoms with van der Waals surface area (Å²) in [7, 11) is 0. The van der Waals surface area contributed by atoms with E-state index in [1.165, 1.54) is 0 Å². The third-order valence-corrected chi connectivity index (χ3v) is 11.9. The van der Waals surface area contributed by atoms with Gasteiger partial charge in [-0.05, 0) is 87.7 Å². The standard InChI is InChI=1S/C55H33N5O.Pt/c1-2-13-34(14-3-1)31-35-15-10-16-37(32-35)59-46-23-12-19-38(54(46)58-55(59)43-21-11-20-40-39-17-4-6-22-44(39)57-53(40)43)36-26-27-41-47(33-36)60(50-25-8-9-30-56-50)45-28-29-49-52(51(41)45)42-18-5-7-24-48(42)61-49;/h1-30,32H,31H2;/q-2;+2/i31D2;. The molecule has 294 valence electrons. The second-order valence-corrected chi connectivity index (χ2v) is 15.4. The minimum absolute atomic E-state index is 0. The van der Waals surface area contributed by atoms with Gasteiger partial charge in [-0.25, -0.2) is 9.97 Å². The predicted molar refractivity (Wildman–Crippen MR) is 248 cm³/mol. The fourth-order valence-corrected chi connectivity index (χ4v) is 9.28. The Kier molecular flexibility index (Phi) is 7.89. The fraction of sp³-hybridized carbons (Fsp3) is 0.0182. The number of pyridine rings is 1. The van der Waals surface area contributed by atoms with Crippen LogP contribution in [0.15, 0.2) is 193 Å². The number of aromatic nitrogens is 5. The molecule has 0 unspecified atom stereocenters. The van der Waals surface area contributed by atoms with E-state index in [0.717, 1.165) is 105 Å². The van der Waals surface area contributed by atoms with Crippen molar-refractivity contribution < 1.29 is 28.2 Å². The summed E-state index contributed by atoms with van der Waals surface area (Å²) in [5.41, 5.74) is 11.6. The van der Waals surface area contributed by atoms with Gasteiger partial charge in [-0.1, -0.05) is 132 Å². The van der Waals surface area contributed by atoms with Crippen LogP contribution in [0.4, 0.5) is 0 Å². The molecular formula is C55H33N5OPt. The van der Waals surface area contributed by atoms with Crippen LogP contribution >= 0.6 is 0 Å². The van der Waals surface area contributed by atoms with E-state index in [9.17, 15) is 2.74 Å². The maximum atomic E-state index is 9.30. The maximum absolute atomic E-state index is 9.30. The van der Waals surface area contributed by atoms with E-state index >= 15 is 0 Å². The Morgan fingerprint density at radius 3 is 2.26 bits per heavy atom. The average molecular weight is 977 g/mol. The Morgan fingerprint density at radius 1 is 0.581 bits per heavy atom. The van der Waals surface area contributed by atoms with Gasteiger partial charge in [0.05, 0.1) is 11.0 Å². The molecule has 0 aliphatic heterocycles. The van der Waals surface area contributed by atoms with Crippen molar-refractivity contribution in [3.05, 3.63) is 205 Å². The van der Waals surface area contributed by atoms with Gasteiger partial charge in [-0.3, -0.25) is 4.57 Å². The Labute approximate surface area is 372 Å². The molecule has 0 bridgehead atoms. The summed E-state index contributed by atoms with van der Waals surface area (Å²) in [6.07, 6.45) is 0.0811. The summed E-state index contributed by atoms with van der Waals surface area (Å²) in [5.74, 6) is 1.50. The third kappa shape index (κ3) is 5.53. The van der Waals surface area contributed by atoms with Gasteiger partial charge in [0.25, 0.3) is 0 Å². The van der Waals surface area contributed by atoms with Gasteiger partial charge in [0.1, 0.15) is 22.8 Å². The molecule has 13 aromatic rings. The van der Waals surface area contributed by atoms with Crippen LogP contribution < -0.4 is 4.98 Å². The zero-order chi connectivity index (χ0) is 41.8. The third-order valence-electron chi connectivity index (χ3n) is 11.9. The molecule has 62 heavy (non-hydrogen) atoms. The molecule has 0 amide bonds. The minimum atomic E-state index is -1.74. The first-order valence-corrected chi connectivity index (χ1v) is 20.4. The van der Waals surface area contributed by atoms with Gasteiger partial charge in [0, 0.05) is 36.5 Å². The van der Waals surface area contributed by atoms with E-state index in [2.05, 4.69) is 94.1 Å². The van der Waals surface area contributed by atoms with Gasteiger partial charge in [0.15, 0.2) is 0 Å². The first kappa shape index (κ1) is 34.2. The van der Waals surface area contributed by atoms with Gasteiger partial charge < -0.3 is 14.0 Å². The van der Waals surface area contributed by atoms with Crippen molar-refractivity contribution in [2.45, 2.75) is 6.37 Å². The van der Waals surface area contributed by atoms with Crippen LogP contribution in [0.25, 0.3) is 111 Å². The van der Waals surface area contributed by atoms with Crippen molar-refractivity contribution in [1.82, 2.24) is 24.1 Å². The van der Waals surface area contributed by atoms with Crippen molar-refractivity contribution in [2.75, 3.05) is 0 Å². The normalized spacial score (nSPS) is 12.5. The molecule has 0 spiro atoms. The largest absolute Gasteiger partial charge is 2.00 e. The van der Waals surface area contributed by atoms with Crippen molar-refractivity contribution in [3.8, 4) is 34.0 Å². The molecule has 7 heteroatoms. The topological polar surface area (TPSA) is 62.9 Å². The molecule has 5 heterocycles. The molecule has 13 rings (SSSR count). The smallest absolute Gasteiger partial charge is 0.656 e. The number of hydrogen-bond acceptors (Lipinski definition) is 3. The molecule has 5 aromatic heterocycles. The van der Waals surface area contributed by atoms with Crippen molar-refractivity contribution in [3.63, 3.8) is 0 Å². The summed E-state index contributed by atoms with van der Waals surface area (Å²) >= 11 is 0. The number of fused-ring (bicyclic) bond motifs is 11. The van der Waals surface area contributed by atoms with Crippen LogP contribution in [-0.4, -0.2) is 19.1 Å². The SMILES string of the molecule is [2H]C([2H])(c1ccccc1)c1cccc(-n2c(-c3cccc4c3[n-]c3ccccc34)nc3c(-c4[c-]c5c(cc4)c4c6c(ccc4n5-c4ccccn4)oc4ccccc46)cccc32)c1.[Pt+2]. The van der Waals surface area contributed by atoms with Crippen LogP contribution in [0.5, 0.6) is 0 Å². The number of benzene rings is 8. The van der Waals surface area contributed by atoms with E-state index < -0.39 is 6.37 Å². The average Bonchev–Trinajstić information content (AvgIpc) is 4.11. The zero-order valence-electron chi connectivity index (χ0n) is 34.9. The Morgan fingerprint density at radius 2 is 1.35 bits per heavy atom. The molecule has 6 nitrogen and oxygen atoms in total. The second-order valence-electron chi connectivity index (χ2n) is 15.4. The molecule has 0 N–H and O–H groups in total. The van der Waals surface area contributed by atoms with Crippen LogP contribution in [0, 0.1) is 6.07 Å². The van der Waals surface area contributed by atoms with E-state index in [4.69, 9.17) is 19.4 Å². The van der Waals surface area contributed by atoms with Gasteiger partial charge >= 0.3 is 21.1 Å². The monoisotopic (exact) mass is 976 g/mol. The minimum Gasteiger partial charge on any atom is -0.656 e. The van der Waals surface area contributed by atoms with E-state index in [-0.39, 0.29) is 21.1 Å². The fourth-order valence-electron chi connectivity index (χ4n) is 9.28. The van der Waals surface area contributed by atoms with Gasteiger partial charge in [-0.15, -0.1) is 34.8 Å². The second kappa shape index (κ2) is 14.3. The van der Waals surface area contributed by atoms with E-state index in [0.29, 0.717) is 17.0 Å². The predicted octanol–water partition coefficient (Wildman–Crippen LogP) is 13.4. The first-order valence-electron chi connectivity index (χ1n) is 21.4. The number of furan rings is 1. The van der Waals surface area contributed by atoms with Crippen molar-refractivity contribution in [2.24, 2.45) is 0 Å². The Balaban J connectivity index is 0.00000433. The number of para-hydroxylation sites is 4. The quantitative estimate of drug-likeness (QED) is 0.156. The molecule has 0 radical (unpaired) electrons. The molecule has 8 aromatic carbocycles. The summed E-state index contributed by atoms with van der Waals surface area (Å²) in [5, 5.41) is 6.40. The number of hydrogen-bond donors (Lipinski definition) is 0. The van der Waals surface area contributed by atoms with E-state index in [1.807, 2.05) is 109 Å². The Hall–Kier alpha value is -7.53. The van der Waals surface area contributed by atoms with Crippen molar-refractivity contribution in [1.29, 1.82) is 0 Å². The molecule has 0 atom stereocenters. The Bertz CT molecular complexity index is 3960. The molecular weight excluding hydrogens is 942 g/mol. The van der Waals surface area contributed by atoms with Crippen LogP contribution in [0.2, 0.25) is 0 Å². The molecule has 0 aliphatic carbocycles. The van der Waals surface area contributed by atoms with Gasteiger partial charge in [-0.2, -0.15) is 0 Å². The van der Waals surface area contributed by atoms with Crippen LogP contribution in [0.3, 0.4) is 0 Å². The van der Waals surface area contributed by atoms with Crippen molar-refractivity contribution >= 4 is 76.6 Å². The van der Waals surface area contributed by atoms with E-state index in [1.54, 1.807) is 0 Å². The van der Waals surface area contributed by atoms with Gasteiger partial charge in [0.2, 0.25) is 0 Å². The van der Waals surface area contributed by atoms with Crippen LogP contribution in [-0.2, 0) is 27.4 Å². The first-order chi connectivity index (χ1) is 31.0. The maximum Gasteiger partial charge on any atom is 2.00 e. The summed E-state index contributed by atoms with van der Waals surface area (Å²) in [6, 6.07) is 64.4. The number of imidazole rings is 1. The summed E-state index contributed by atoms with van der Waals surface area (Å²) in [4.78, 5) is 15.6. The van der Waals surface area contributed by atoms with Crippen LogP contribution in [0.1, 0.15) is 13.9 Å². The number of nitrogens with zero attached hydrogens (tertiary/aromatic N) is 5. The molecule has 0 aliphatic rings.